The number of rotatable bonds is 6. The molecule has 0 bridgehead atoms. The molecule has 2 aliphatic rings. The van der Waals surface area contributed by atoms with Crippen molar-refractivity contribution in [1.29, 1.82) is 0 Å². The smallest absolute Gasteiger partial charge is 0.324 e. The van der Waals surface area contributed by atoms with Crippen LogP contribution >= 0.6 is 0 Å². The molecule has 2 heterocycles. The summed E-state index contributed by atoms with van der Waals surface area (Å²) in [5.41, 5.74) is 3.89. The summed E-state index contributed by atoms with van der Waals surface area (Å²) in [4.78, 5) is 42.2. The predicted octanol–water partition coefficient (Wildman–Crippen LogP) is 2.87. The van der Waals surface area contributed by atoms with Gasteiger partial charge in [-0.15, -0.1) is 0 Å². The number of hydrogen-bond acceptors (Lipinski definition) is 4. The summed E-state index contributed by atoms with van der Waals surface area (Å²) in [7, 11) is 0. The van der Waals surface area contributed by atoms with Gasteiger partial charge in [0.15, 0.2) is 0 Å². The molecule has 7 heteroatoms. The lowest BCUT2D eigenvalue weighted by Crippen LogP contribution is -2.70. The fourth-order valence-corrected chi connectivity index (χ4v) is 4.59. The molecule has 2 saturated heterocycles. The van der Waals surface area contributed by atoms with Gasteiger partial charge in [-0.2, -0.15) is 0 Å². The molecule has 2 atom stereocenters. The molecule has 0 aliphatic carbocycles. The van der Waals surface area contributed by atoms with Crippen LogP contribution in [0.15, 0.2) is 48.5 Å². The number of piperidine rings is 1. The van der Waals surface area contributed by atoms with Gasteiger partial charge in [-0.3, -0.25) is 14.5 Å². The minimum absolute atomic E-state index is 0.0793. The molecule has 0 spiro atoms. The molecule has 32 heavy (non-hydrogen) atoms. The standard InChI is InChI=1S/C25H30N4O3/c1-17-10-11-20(18(2)15-17)27-22(30)16-29-21-9-6-13-26-23(21)24(31)28(25(29)32)14-12-19-7-4-3-5-8-19/h3-5,7-8,10-11,15,21,23,26H,6,9,12-14,16H2,1-2H3,(H,27,30). The average molecular weight is 435 g/mol. The number of fused-ring (bicyclic) bond motifs is 1. The van der Waals surface area contributed by atoms with E-state index >= 15 is 0 Å². The predicted molar refractivity (Wildman–Crippen MR) is 123 cm³/mol. The summed E-state index contributed by atoms with van der Waals surface area (Å²) in [6, 6.07) is 14.5. The first-order chi connectivity index (χ1) is 15.4. The van der Waals surface area contributed by atoms with Crippen LogP contribution in [-0.4, -0.2) is 59.4 Å². The molecule has 2 unspecified atom stereocenters. The van der Waals surface area contributed by atoms with Crippen LogP contribution in [0, 0.1) is 13.8 Å². The van der Waals surface area contributed by atoms with Gasteiger partial charge in [0.1, 0.15) is 12.6 Å². The van der Waals surface area contributed by atoms with Gasteiger partial charge in [0.25, 0.3) is 0 Å². The van der Waals surface area contributed by atoms with Crippen LogP contribution in [0.4, 0.5) is 10.5 Å². The van der Waals surface area contributed by atoms with E-state index in [4.69, 9.17) is 0 Å². The van der Waals surface area contributed by atoms with Crippen LogP contribution in [0.5, 0.6) is 0 Å². The number of carbonyl (C=O) groups is 3. The molecule has 2 aromatic rings. The molecule has 4 amide bonds. The number of nitrogens with zero attached hydrogens (tertiary/aromatic N) is 2. The number of anilines is 1. The molecular weight excluding hydrogens is 404 g/mol. The molecule has 168 valence electrons. The van der Waals surface area contributed by atoms with Crippen LogP contribution in [0.2, 0.25) is 0 Å². The quantitative estimate of drug-likeness (QED) is 0.733. The van der Waals surface area contributed by atoms with E-state index in [-0.39, 0.29) is 30.4 Å². The maximum Gasteiger partial charge on any atom is 0.327 e. The van der Waals surface area contributed by atoms with E-state index in [9.17, 15) is 14.4 Å². The molecule has 4 rings (SSSR count). The number of urea groups is 1. The van der Waals surface area contributed by atoms with Crippen LogP contribution < -0.4 is 10.6 Å². The highest BCUT2D eigenvalue weighted by molar-refractivity contribution is 6.03. The highest BCUT2D eigenvalue weighted by Crippen LogP contribution is 2.25. The second kappa shape index (κ2) is 9.53. The molecule has 2 N–H and O–H groups in total. The van der Waals surface area contributed by atoms with Crippen molar-refractivity contribution in [2.24, 2.45) is 0 Å². The second-order valence-electron chi connectivity index (χ2n) is 8.64. The maximum atomic E-state index is 13.3. The first kappa shape index (κ1) is 22.0. The summed E-state index contributed by atoms with van der Waals surface area (Å²) >= 11 is 0. The first-order valence-electron chi connectivity index (χ1n) is 11.2. The van der Waals surface area contributed by atoms with E-state index in [1.807, 2.05) is 62.4 Å². The van der Waals surface area contributed by atoms with E-state index in [1.165, 1.54) is 4.90 Å². The Hall–Kier alpha value is -3.19. The van der Waals surface area contributed by atoms with E-state index in [0.717, 1.165) is 35.3 Å². The van der Waals surface area contributed by atoms with Crippen LogP contribution in [0.1, 0.15) is 29.5 Å². The lowest BCUT2D eigenvalue weighted by Gasteiger charge is -2.46. The number of carbonyl (C=O) groups excluding carboxylic acids is 3. The topological polar surface area (TPSA) is 81.8 Å². The Labute approximate surface area is 188 Å². The number of amides is 4. The molecule has 7 nitrogen and oxygen atoms in total. The van der Waals surface area contributed by atoms with Gasteiger partial charge in [-0.1, -0.05) is 48.0 Å². The Morgan fingerprint density at radius 2 is 1.91 bits per heavy atom. The minimum atomic E-state index is -0.467. The summed E-state index contributed by atoms with van der Waals surface area (Å²) in [5, 5.41) is 6.20. The maximum absolute atomic E-state index is 13.3. The zero-order chi connectivity index (χ0) is 22.7. The van der Waals surface area contributed by atoms with E-state index in [0.29, 0.717) is 19.4 Å². The van der Waals surface area contributed by atoms with E-state index < -0.39 is 6.04 Å². The van der Waals surface area contributed by atoms with Gasteiger partial charge in [-0.25, -0.2) is 4.79 Å². The second-order valence-corrected chi connectivity index (χ2v) is 8.64. The summed E-state index contributed by atoms with van der Waals surface area (Å²) in [6.45, 7) is 4.89. The van der Waals surface area contributed by atoms with Crippen molar-refractivity contribution in [2.75, 3.05) is 25.0 Å². The Balaban J connectivity index is 1.50. The number of benzene rings is 2. The Kier molecular flexibility index (Phi) is 6.55. The SMILES string of the molecule is Cc1ccc(NC(=O)CN2C(=O)N(CCc3ccccc3)C(=O)C3NCCCC32)c(C)c1. The molecule has 0 saturated carbocycles. The molecule has 2 aliphatic heterocycles. The lowest BCUT2D eigenvalue weighted by atomic mass is 9.93. The van der Waals surface area contributed by atoms with Gasteiger partial charge in [0.2, 0.25) is 11.8 Å². The van der Waals surface area contributed by atoms with Crippen molar-refractivity contribution in [2.45, 2.75) is 45.2 Å². The van der Waals surface area contributed by atoms with Gasteiger partial charge in [0.05, 0.1) is 6.04 Å². The fourth-order valence-electron chi connectivity index (χ4n) is 4.59. The third-order valence-electron chi connectivity index (χ3n) is 6.27. The average Bonchev–Trinajstić information content (AvgIpc) is 2.79. The first-order valence-corrected chi connectivity index (χ1v) is 11.2. The fraction of sp³-hybridized carbons (Fsp3) is 0.400. The zero-order valence-corrected chi connectivity index (χ0v) is 18.6. The van der Waals surface area contributed by atoms with E-state index in [2.05, 4.69) is 10.6 Å². The lowest BCUT2D eigenvalue weighted by molar-refractivity contribution is -0.138. The third kappa shape index (κ3) is 4.67. The Bertz CT molecular complexity index is 1010. The van der Waals surface area contributed by atoms with Gasteiger partial charge < -0.3 is 15.5 Å². The van der Waals surface area contributed by atoms with Gasteiger partial charge in [0, 0.05) is 12.2 Å². The highest BCUT2D eigenvalue weighted by atomic mass is 16.2. The number of hydrogen-bond donors (Lipinski definition) is 2. The third-order valence-corrected chi connectivity index (χ3v) is 6.27. The van der Waals surface area contributed by atoms with Gasteiger partial charge >= 0.3 is 6.03 Å². The molecular formula is C25H30N4O3. The number of imide groups is 1. The Morgan fingerprint density at radius 1 is 1.12 bits per heavy atom. The highest BCUT2D eigenvalue weighted by Gasteiger charge is 2.47. The molecule has 2 aromatic carbocycles. The van der Waals surface area contributed by atoms with Crippen LogP contribution in [-0.2, 0) is 16.0 Å². The summed E-state index contributed by atoms with van der Waals surface area (Å²) in [5.74, 6) is -0.450. The Morgan fingerprint density at radius 3 is 2.66 bits per heavy atom. The van der Waals surface area contributed by atoms with Crippen molar-refractivity contribution >= 4 is 23.5 Å². The van der Waals surface area contributed by atoms with Crippen LogP contribution in [0.3, 0.4) is 0 Å². The number of nitrogens with one attached hydrogen (secondary N) is 2. The van der Waals surface area contributed by atoms with E-state index in [1.54, 1.807) is 4.90 Å². The van der Waals surface area contributed by atoms with Gasteiger partial charge in [-0.05, 0) is 56.8 Å². The molecule has 0 aromatic heterocycles. The summed E-state index contributed by atoms with van der Waals surface area (Å²) in [6.07, 6.45) is 2.15. The largest absolute Gasteiger partial charge is 0.327 e. The minimum Gasteiger partial charge on any atom is -0.324 e. The van der Waals surface area contributed by atoms with Crippen LogP contribution in [0.25, 0.3) is 0 Å². The van der Waals surface area contributed by atoms with Crippen molar-refractivity contribution in [1.82, 2.24) is 15.1 Å². The van der Waals surface area contributed by atoms with Crippen molar-refractivity contribution in [3.63, 3.8) is 0 Å². The number of aryl methyl sites for hydroxylation is 2. The summed E-state index contributed by atoms with van der Waals surface area (Å²) < 4.78 is 0. The van der Waals surface area contributed by atoms with Crippen molar-refractivity contribution in [3.05, 3.63) is 65.2 Å². The zero-order valence-electron chi connectivity index (χ0n) is 18.6. The monoisotopic (exact) mass is 434 g/mol. The van der Waals surface area contributed by atoms with Crippen molar-refractivity contribution in [3.8, 4) is 0 Å². The molecule has 0 radical (unpaired) electrons. The normalized spacial score (nSPS) is 20.8. The molecule has 2 fully saturated rings. The van der Waals surface area contributed by atoms with Crippen molar-refractivity contribution < 1.29 is 14.4 Å².